The highest BCUT2D eigenvalue weighted by molar-refractivity contribution is 9.11. The van der Waals surface area contributed by atoms with Gasteiger partial charge in [0, 0.05) is 6.54 Å². The summed E-state index contributed by atoms with van der Waals surface area (Å²) in [6, 6.07) is 5.70. The molecule has 2 aromatic heterocycles. The summed E-state index contributed by atoms with van der Waals surface area (Å²) in [5, 5.41) is 1.68. The van der Waals surface area contributed by atoms with Gasteiger partial charge in [-0.05, 0) is 52.4 Å². The second-order valence-electron chi connectivity index (χ2n) is 5.25. The quantitative estimate of drug-likeness (QED) is 0.679. The number of nitrogens with one attached hydrogen (secondary N) is 2. The molecule has 11 heteroatoms. The van der Waals surface area contributed by atoms with Crippen molar-refractivity contribution in [1.29, 1.82) is 0 Å². The lowest BCUT2D eigenvalue weighted by atomic mass is 10.2. The highest BCUT2D eigenvalue weighted by Gasteiger charge is 2.40. The van der Waals surface area contributed by atoms with Crippen molar-refractivity contribution in [2.24, 2.45) is 0 Å². The molecule has 7 nitrogen and oxygen atoms in total. The molecule has 25 heavy (non-hydrogen) atoms. The molecule has 3 heterocycles. The summed E-state index contributed by atoms with van der Waals surface area (Å²) in [6.07, 6.45) is 1.01. The van der Waals surface area contributed by atoms with Crippen molar-refractivity contribution in [1.82, 2.24) is 15.2 Å². The molecule has 1 saturated heterocycles. The van der Waals surface area contributed by atoms with Gasteiger partial charge in [0.2, 0.25) is 0 Å². The van der Waals surface area contributed by atoms with Crippen molar-refractivity contribution in [3.8, 4) is 0 Å². The lowest BCUT2D eigenvalue weighted by Gasteiger charge is -2.22. The maximum absolute atomic E-state index is 12.6. The molecule has 3 rings (SSSR count). The lowest BCUT2D eigenvalue weighted by molar-refractivity contribution is -0.124. The van der Waals surface area contributed by atoms with Crippen molar-refractivity contribution < 1.29 is 18.0 Å². The van der Waals surface area contributed by atoms with Crippen LogP contribution in [0.5, 0.6) is 0 Å². The molecule has 0 aliphatic carbocycles. The number of halogens is 1. The largest absolute Gasteiger partial charge is 0.279 e. The van der Waals surface area contributed by atoms with Gasteiger partial charge in [0.25, 0.3) is 21.8 Å². The lowest BCUT2D eigenvalue weighted by Crippen LogP contribution is -2.51. The number of nitrogens with zero attached hydrogens (tertiary/aromatic N) is 1. The first kappa shape index (κ1) is 18.5. The highest BCUT2D eigenvalue weighted by atomic mass is 79.9. The number of amides is 2. The van der Waals surface area contributed by atoms with Gasteiger partial charge in [-0.3, -0.25) is 20.4 Å². The molecule has 1 aliphatic heterocycles. The van der Waals surface area contributed by atoms with E-state index in [9.17, 15) is 18.0 Å². The van der Waals surface area contributed by atoms with Crippen LogP contribution in [0.4, 0.5) is 0 Å². The van der Waals surface area contributed by atoms with Crippen molar-refractivity contribution in [3.05, 3.63) is 38.3 Å². The zero-order valence-electron chi connectivity index (χ0n) is 12.8. The van der Waals surface area contributed by atoms with Gasteiger partial charge in [-0.25, -0.2) is 8.42 Å². The number of hydrogen-bond acceptors (Lipinski definition) is 6. The van der Waals surface area contributed by atoms with Crippen molar-refractivity contribution in [3.63, 3.8) is 0 Å². The Kier molecular flexibility index (Phi) is 5.58. The molecule has 0 saturated carbocycles. The Bertz CT molecular complexity index is 879. The molecule has 2 N–H and O–H groups in total. The summed E-state index contributed by atoms with van der Waals surface area (Å²) in [6.45, 7) is 0.282. The zero-order chi connectivity index (χ0) is 18.0. The third-order valence-corrected chi connectivity index (χ3v) is 8.56. The predicted octanol–water partition coefficient (Wildman–Crippen LogP) is 2.19. The molecular weight excluding hydrogens is 450 g/mol. The highest BCUT2D eigenvalue weighted by Crippen LogP contribution is 2.28. The van der Waals surface area contributed by atoms with E-state index in [0.29, 0.717) is 17.7 Å². The summed E-state index contributed by atoms with van der Waals surface area (Å²) >= 11 is 5.61. The smallest absolute Gasteiger partial charge is 0.271 e. The third-order valence-electron chi connectivity index (χ3n) is 3.66. The van der Waals surface area contributed by atoms with Crippen LogP contribution in [0.3, 0.4) is 0 Å². The SMILES string of the molecule is O=C(NNC(=O)C1CCCN1S(=O)(=O)c1cccs1)c1ccc(Br)s1. The standard InChI is InChI=1S/C14H14BrN3O4S3/c15-11-6-5-10(24-11)14(20)17-16-13(19)9-3-1-7-18(9)25(21,22)12-4-2-8-23-12/h2,4-6,8-9H,1,3,7H2,(H,16,19)(H,17,20). The van der Waals surface area contributed by atoms with Crippen LogP contribution in [0.25, 0.3) is 0 Å². The fourth-order valence-corrected chi connectivity index (χ4v) is 6.57. The average molecular weight is 464 g/mol. The first-order valence-electron chi connectivity index (χ1n) is 7.30. The van der Waals surface area contributed by atoms with E-state index >= 15 is 0 Å². The van der Waals surface area contributed by atoms with E-state index in [2.05, 4.69) is 26.8 Å². The summed E-state index contributed by atoms with van der Waals surface area (Å²) < 4.78 is 27.5. The van der Waals surface area contributed by atoms with Gasteiger partial charge < -0.3 is 0 Å². The van der Waals surface area contributed by atoms with E-state index in [-0.39, 0.29) is 10.8 Å². The van der Waals surface area contributed by atoms with Gasteiger partial charge in [-0.2, -0.15) is 4.31 Å². The minimum absolute atomic E-state index is 0.208. The van der Waals surface area contributed by atoms with E-state index in [0.717, 1.165) is 15.1 Å². The maximum Gasteiger partial charge on any atom is 0.279 e. The van der Waals surface area contributed by atoms with Crippen molar-refractivity contribution in [2.75, 3.05) is 6.54 Å². The summed E-state index contributed by atoms with van der Waals surface area (Å²) in [7, 11) is -3.70. The van der Waals surface area contributed by atoms with Gasteiger partial charge in [0.05, 0.1) is 8.66 Å². The minimum Gasteiger partial charge on any atom is -0.271 e. The second-order valence-corrected chi connectivity index (χ2v) is 10.8. The van der Waals surface area contributed by atoms with E-state index in [1.54, 1.807) is 23.6 Å². The molecule has 0 aromatic carbocycles. The molecule has 0 bridgehead atoms. The summed E-state index contributed by atoms with van der Waals surface area (Å²) in [5.41, 5.74) is 4.66. The number of carbonyl (C=O) groups excluding carboxylic acids is 2. The first-order chi connectivity index (χ1) is 11.9. The Balaban J connectivity index is 1.66. The number of carbonyl (C=O) groups is 2. The average Bonchev–Trinajstić information content (AvgIpc) is 3.31. The summed E-state index contributed by atoms with van der Waals surface area (Å²) in [4.78, 5) is 24.8. The van der Waals surface area contributed by atoms with Crippen LogP contribution in [-0.2, 0) is 14.8 Å². The van der Waals surface area contributed by atoms with Crippen LogP contribution < -0.4 is 10.9 Å². The van der Waals surface area contributed by atoms with Crippen molar-refractivity contribution in [2.45, 2.75) is 23.1 Å². The minimum atomic E-state index is -3.70. The van der Waals surface area contributed by atoms with Crippen LogP contribution >= 0.6 is 38.6 Å². The number of hydrazine groups is 1. The van der Waals surface area contributed by atoms with Crippen LogP contribution in [0.15, 0.2) is 37.6 Å². The molecule has 0 spiro atoms. The summed E-state index contributed by atoms with van der Waals surface area (Å²) in [5.74, 6) is -0.990. The Morgan fingerprint density at radius 2 is 2.04 bits per heavy atom. The molecule has 2 aromatic rings. The number of sulfonamides is 1. The van der Waals surface area contributed by atoms with Crippen molar-refractivity contribution >= 4 is 60.4 Å². The van der Waals surface area contributed by atoms with Crippen LogP contribution in [0, 0.1) is 0 Å². The number of hydrogen-bond donors (Lipinski definition) is 2. The Hall–Kier alpha value is -1.27. The predicted molar refractivity (Wildman–Crippen MR) is 98.9 cm³/mol. The fraction of sp³-hybridized carbons (Fsp3) is 0.286. The van der Waals surface area contributed by atoms with Gasteiger partial charge in [-0.1, -0.05) is 6.07 Å². The molecule has 1 unspecified atom stereocenters. The van der Waals surface area contributed by atoms with Crippen LogP contribution in [-0.4, -0.2) is 37.1 Å². The Labute approximate surface area is 161 Å². The topological polar surface area (TPSA) is 95.6 Å². The zero-order valence-corrected chi connectivity index (χ0v) is 16.8. The van der Waals surface area contributed by atoms with Gasteiger partial charge in [0.15, 0.2) is 0 Å². The maximum atomic E-state index is 12.6. The molecular formula is C14H14BrN3O4S3. The number of rotatable bonds is 4. The second kappa shape index (κ2) is 7.54. The van der Waals surface area contributed by atoms with Gasteiger partial charge in [-0.15, -0.1) is 22.7 Å². The molecule has 1 aliphatic rings. The Morgan fingerprint density at radius 3 is 2.68 bits per heavy atom. The third kappa shape index (κ3) is 3.95. The van der Waals surface area contributed by atoms with E-state index in [4.69, 9.17) is 0 Å². The molecule has 134 valence electrons. The molecule has 1 fully saturated rings. The van der Waals surface area contributed by atoms with Crippen LogP contribution in [0.2, 0.25) is 0 Å². The Morgan fingerprint density at radius 1 is 1.24 bits per heavy atom. The van der Waals surface area contributed by atoms with Gasteiger partial charge in [0.1, 0.15) is 10.3 Å². The van der Waals surface area contributed by atoms with E-state index in [1.807, 2.05) is 0 Å². The van der Waals surface area contributed by atoms with Gasteiger partial charge >= 0.3 is 0 Å². The van der Waals surface area contributed by atoms with E-state index in [1.165, 1.54) is 21.7 Å². The number of thiophene rings is 2. The molecule has 2 amide bonds. The van der Waals surface area contributed by atoms with Crippen LogP contribution in [0.1, 0.15) is 22.5 Å². The molecule has 0 radical (unpaired) electrons. The fourth-order valence-electron chi connectivity index (χ4n) is 2.52. The monoisotopic (exact) mass is 463 g/mol. The van der Waals surface area contributed by atoms with E-state index < -0.39 is 27.9 Å². The first-order valence-corrected chi connectivity index (χ1v) is 11.2. The molecule has 1 atom stereocenters. The normalized spacial score (nSPS) is 18.2.